The van der Waals surface area contributed by atoms with Gasteiger partial charge in [-0.15, -0.1) is 0 Å². The molecule has 0 amide bonds. The van der Waals surface area contributed by atoms with E-state index in [9.17, 15) is 0 Å². The van der Waals surface area contributed by atoms with Gasteiger partial charge in [0.05, 0.1) is 6.17 Å². The SMILES string of the molecule is CC1N(C)CCN1N. The summed E-state index contributed by atoms with van der Waals surface area (Å²) in [7, 11) is 2.08. The Morgan fingerprint density at radius 2 is 2.12 bits per heavy atom. The zero-order valence-electron chi connectivity index (χ0n) is 5.46. The zero-order valence-corrected chi connectivity index (χ0v) is 5.46. The first-order valence-electron chi connectivity index (χ1n) is 2.93. The molecule has 0 aromatic heterocycles. The summed E-state index contributed by atoms with van der Waals surface area (Å²) in [6.07, 6.45) is 0.426. The minimum Gasteiger partial charge on any atom is -0.289 e. The summed E-state index contributed by atoms with van der Waals surface area (Å²) in [6, 6.07) is 0. The maximum atomic E-state index is 5.56. The number of hydrogen-bond acceptors (Lipinski definition) is 3. The van der Waals surface area contributed by atoms with Crippen LogP contribution in [0, 0.1) is 0 Å². The van der Waals surface area contributed by atoms with E-state index in [1.54, 1.807) is 0 Å². The van der Waals surface area contributed by atoms with Crippen molar-refractivity contribution in [3.8, 4) is 0 Å². The maximum Gasteiger partial charge on any atom is 0.0725 e. The lowest BCUT2D eigenvalue weighted by Crippen LogP contribution is -2.38. The molecule has 1 atom stereocenters. The van der Waals surface area contributed by atoms with Gasteiger partial charge in [0.1, 0.15) is 0 Å². The van der Waals surface area contributed by atoms with Gasteiger partial charge in [0.2, 0.25) is 0 Å². The number of rotatable bonds is 0. The van der Waals surface area contributed by atoms with E-state index < -0.39 is 0 Å². The summed E-state index contributed by atoms with van der Waals surface area (Å²) in [5.74, 6) is 5.56. The fourth-order valence-electron chi connectivity index (χ4n) is 0.900. The van der Waals surface area contributed by atoms with Gasteiger partial charge in [0.25, 0.3) is 0 Å². The van der Waals surface area contributed by atoms with E-state index in [1.165, 1.54) is 0 Å². The molecule has 3 heteroatoms. The minimum absolute atomic E-state index is 0.426. The summed E-state index contributed by atoms with van der Waals surface area (Å²) >= 11 is 0. The average molecular weight is 115 g/mol. The molecule has 0 aliphatic carbocycles. The van der Waals surface area contributed by atoms with Crippen LogP contribution in [0.4, 0.5) is 0 Å². The second-order valence-electron chi connectivity index (χ2n) is 2.35. The van der Waals surface area contributed by atoms with Crippen molar-refractivity contribution in [2.75, 3.05) is 20.1 Å². The minimum atomic E-state index is 0.426. The van der Waals surface area contributed by atoms with Crippen molar-refractivity contribution in [3.63, 3.8) is 0 Å². The van der Waals surface area contributed by atoms with Crippen LogP contribution in [-0.2, 0) is 0 Å². The third kappa shape index (κ3) is 0.844. The molecule has 1 saturated heterocycles. The van der Waals surface area contributed by atoms with Crippen LogP contribution in [0.3, 0.4) is 0 Å². The van der Waals surface area contributed by atoms with Crippen LogP contribution in [0.15, 0.2) is 0 Å². The molecule has 48 valence electrons. The highest BCUT2D eigenvalue weighted by Gasteiger charge is 2.21. The largest absolute Gasteiger partial charge is 0.289 e. The monoisotopic (exact) mass is 115 g/mol. The Morgan fingerprint density at radius 1 is 1.50 bits per heavy atom. The van der Waals surface area contributed by atoms with E-state index in [2.05, 4.69) is 18.9 Å². The molecule has 1 heterocycles. The van der Waals surface area contributed by atoms with Crippen molar-refractivity contribution in [1.82, 2.24) is 9.91 Å². The van der Waals surface area contributed by atoms with Crippen LogP contribution in [0.25, 0.3) is 0 Å². The summed E-state index contributed by atoms with van der Waals surface area (Å²) in [5, 5.41) is 1.85. The predicted octanol–water partition coefficient (Wildman–Crippen LogP) is -0.546. The molecular formula is C5H13N3. The Hall–Kier alpha value is -0.120. The molecule has 0 aromatic carbocycles. The van der Waals surface area contributed by atoms with E-state index >= 15 is 0 Å². The second-order valence-corrected chi connectivity index (χ2v) is 2.35. The van der Waals surface area contributed by atoms with Crippen LogP contribution >= 0.6 is 0 Å². The molecule has 0 saturated carbocycles. The van der Waals surface area contributed by atoms with E-state index in [1.807, 2.05) is 5.01 Å². The molecule has 0 aromatic rings. The quantitative estimate of drug-likeness (QED) is 0.430. The lowest BCUT2D eigenvalue weighted by atomic mass is 10.5. The Bertz CT molecular complexity index is 73.7. The standard InChI is InChI=1S/C5H13N3/c1-5-7(2)3-4-8(5)6/h5H,3-4,6H2,1-2H3. The topological polar surface area (TPSA) is 32.5 Å². The van der Waals surface area contributed by atoms with E-state index in [0.29, 0.717) is 6.17 Å². The first-order valence-corrected chi connectivity index (χ1v) is 2.93. The van der Waals surface area contributed by atoms with Crippen molar-refractivity contribution in [2.24, 2.45) is 5.84 Å². The Labute approximate surface area is 50.0 Å². The third-order valence-corrected chi connectivity index (χ3v) is 1.83. The highest BCUT2D eigenvalue weighted by Crippen LogP contribution is 2.04. The van der Waals surface area contributed by atoms with Crippen molar-refractivity contribution < 1.29 is 0 Å². The fourth-order valence-corrected chi connectivity index (χ4v) is 0.900. The number of hydrogen-bond donors (Lipinski definition) is 1. The summed E-state index contributed by atoms with van der Waals surface area (Å²) in [5.41, 5.74) is 0. The molecule has 1 aliphatic heterocycles. The van der Waals surface area contributed by atoms with Crippen molar-refractivity contribution in [3.05, 3.63) is 0 Å². The molecular weight excluding hydrogens is 102 g/mol. The van der Waals surface area contributed by atoms with Gasteiger partial charge in [0, 0.05) is 13.1 Å². The molecule has 0 spiro atoms. The smallest absolute Gasteiger partial charge is 0.0725 e. The lowest BCUT2D eigenvalue weighted by molar-refractivity contribution is 0.180. The van der Waals surface area contributed by atoms with Gasteiger partial charge in [-0.2, -0.15) is 0 Å². The molecule has 3 nitrogen and oxygen atoms in total. The van der Waals surface area contributed by atoms with E-state index in [-0.39, 0.29) is 0 Å². The molecule has 2 N–H and O–H groups in total. The molecule has 0 radical (unpaired) electrons. The van der Waals surface area contributed by atoms with Crippen LogP contribution in [0.1, 0.15) is 6.92 Å². The molecule has 0 bridgehead atoms. The maximum absolute atomic E-state index is 5.56. The third-order valence-electron chi connectivity index (χ3n) is 1.83. The first-order chi connectivity index (χ1) is 3.72. The van der Waals surface area contributed by atoms with E-state index in [4.69, 9.17) is 5.84 Å². The Morgan fingerprint density at radius 3 is 2.25 bits per heavy atom. The highest BCUT2D eigenvalue weighted by molar-refractivity contribution is 4.70. The Balaban J connectivity index is 2.44. The van der Waals surface area contributed by atoms with Crippen LogP contribution < -0.4 is 5.84 Å². The average Bonchev–Trinajstić information content (AvgIpc) is 1.98. The second kappa shape index (κ2) is 2.01. The van der Waals surface area contributed by atoms with Gasteiger partial charge in [-0.05, 0) is 14.0 Å². The number of nitrogens with two attached hydrogens (primary N) is 1. The van der Waals surface area contributed by atoms with E-state index in [0.717, 1.165) is 13.1 Å². The van der Waals surface area contributed by atoms with Gasteiger partial charge < -0.3 is 0 Å². The van der Waals surface area contributed by atoms with Crippen molar-refractivity contribution >= 4 is 0 Å². The Kier molecular flexibility index (Phi) is 1.51. The number of likely N-dealkylation sites (N-methyl/N-ethyl adjacent to an activating group) is 1. The van der Waals surface area contributed by atoms with Crippen molar-refractivity contribution in [1.29, 1.82) is 0 Å². The van der Waals surface area contributed by atoms with Gasteiger partial charge in [-0.3, -0.25) is 10.7 Å². The summed E-state index contributed by atoms with van der Waals surface area (Å²) < 4.78 is 0. The molecule has 1 fully saturated rings. The van der Waals surface area contributed by atoms with Crippen molar-refractivity contribution in [2.45, 2.75) is 13.1 Å². The van der Waals surface area contributed by atoms with Gasteiger partial charge in [-0.25, -0.2) is 5.01 Å². The molecule has 1 aliphatic rings. The van der Waals surface area contributed by atoms with Gasteiger partial charge in [0.15, 0.2) is 0 Å². The molecule has 1 unspecified atom stereocenters. The summed E-state index contributed by atoms with van der Waals surface area (Å²) in [6.45, 7) is 4.20. The highest BCUT2D eigenvalue weighted by atomic mass is 15.5. The summed E-state index contributed by atoms with van der Waals surface area (Å²) in [4.78, 5) is 2.22. The molecule has 1 rings (SSSR count). The fraction of sp³-hybridized carbons (Fsp3) is 1.00. The predicted molar refractivity (Wildman–Crippen MR) is 33.0 cm³/mol. The van der Waals surface area contributed by atoms with Crippen LogP contribution in [-0.4, -0.2) is 36.2 Å². The number of hydrazine groups is 1. The molecule has 8 heavy (non-hydrogen) atoms. The zero-order chi connectivity index (χ0) is 6.15. The normalized spacial score (nSPS) is 34.1. The lowest BCUT2D eigenvalue weighted by Gasteiger charge is -2.18. The number of nitrogens with zero attached hydrogens (tertiary/aromatic N) is 2. The first kappa shape index (κ1) is 6.01. The van der Waals surface area contributed by atoms with Gasteiger partial charge in [-0.1, -0.05) is 0 Å². The van der Waals surface area contributed by atoms with Gasteiger partial charge >= 0.3 is 0 Å². The van der Waals surface area contributed by atoms with Crippen LogP contribution in [0.5, 0.6) is 0 Å². The van der Waals surface area contributed by atoms with Crippen LogP contribution in [0.2, 0.25) is 0 Å².